The van der Waals surface area contributed by atoms with Gasteiger partial charge in [0.25, 0.3) is 0 Å². The van der Waals surface area contributed by atoms with Crippen LogP contribution < -0.4 is 10.5 Å². The van der Waals surface area contributed by atoms with Crippen molar-refractivity contribution in [3.05, 3.63) is 22.4 Å². The second-order valence-electron chi connectivity index (χ2n) is 4.93. The molecule has 0 spiro atoms. The summed E-state index contributed by atoms with van der Waals surface area (Å²) >= 11 is 3.06. The van der Waals surface area contributed by atoms with Crippen molar-refractivity contribution in [2.45, 2.75) is 23.8 Å². The molecule has 1 atom stereocenters. The van der Waals surface area contributed by atoms with Crippen LogP contribution in [0.3, 0.4) is 0 Å². The first-order valence-electron chi connectivity index (χ1n) is 6.25. The van der Waals surface area contributed by atoms with Crippen molar-refractivity contribution in [1.29, 1.82) is 0 Å². The zero-order valence-corrected chi connectivity index (χ0v) is 13.5. The normalized spacial score (nSPS) is 20.4. The first-order chi connectivity index (χ1) is 9.31. The van der Waals surface area contributed by atoms with Gasteiger partial charge in [-0.25, -0.2) is 17.5 Å². The van der Waals surface area contributed by atoms with Crippen LogP contribution in [0, 0.1) is 5.82 Å². The molecule has 5 nitrogen and oxygen atoms in total. The number of likely N-dealkylation sites (N-methyl/N-ethyl adjacent to an activating group) is 1. The summed E-state index contributed by atoms with van der Waals surface area (Å²) < 4.78 is 40.5. The van der Waals surface area contributed by atoms with Crippen LogP contribution in [0.25, 0.3) is 0 Å². The Morgan fingerprint density at radius 2 is 2.25 bits per heavy atom. The molecule has 0 amide bonds. The molecule has 1 aromatic carbocycles. The number of sulfonamides is 1. The van der Waals surface area contributed by atoms with E-state index in [0.29, 0.717) is 6.54 Å². The van der Waals surface area contributed by atoms with Gasteiger partial charge in [0.15, 0.2) is 0 Å². The number of hydrogen-bond donors (Lipinski definition) is 2. The fraction of sp³-hybridized carbons (Fsp3) is 0.500. The van der Waals surface area contributed by atoms with E-state index in [4.69, 9.17) is 5.73 Å². The number of halogens is 2. The molecule has 0 bridgehead atoms. The average molecular weight is 366 g/mol. The summed E-state index contributed by atoms with van der Waals surface area (Å²) in [5, 5.41) is 0. The van der Waals surface area contributed by atoms with Crippen molar-refractivity contribution in [3.8, 4) is 0 Å². The Kier molecular flexibility index (Phi) is 4.68. The Labute approximate surface area is 126 Å². The summed E-state index contributed by atoms with van der Waals surface area (Å²) in [5.74, 6) is -0.647. The highest BCUT2D eigenvalue weighted by atomic mass is 79.9. The second kappa shape index (κ2) is 5.97. The van der Waals surface area contributed by atoms with Crippen LogP contribution in [0.1, 0.15) is 12.8 Å². The number of nitrogens with zero attached hydrogens (tertiary/aromatic N) is 1. The summed E-state index contributed by atoms with van der Waals surface area (Å²) in [6.45, 7) is 1.31. The first kappa shape index (κ1) is 15.7. The Balaban J connectivity index is 2.16. The maximum atomic E-state index is 13.3. The van der Waals surface area contributed by atoms with E-state index in [1.165, 1.54) is 0 Å². The van der Waals surface area contributed by atoms with Crippen molar-refractivity contribution in [2.24, 2.45) is 0 Å². The number of nitrogens with two attached hydrogens (primary N) is 1. The number of rotatable bonds is 4. The van der Waals surface area contributed by atoms with E-state index in [1.807, 2.05) is 7.05 Å². The van der Waals surface area contributed by atoms with Crippen molar-refractivity contribution in [1.82, 2.24) is 9.62 Å². The predicted molar refractivity (Wildman–Crippen MR) is 79.4 cm³/mol. The van der Waals surface area contributed by atoms with Crippen LogP contribution in [0.4, 0.5) is 10.1 Å². The average Bonchev–Trinajstić information content (AvgIpc) is 2.77. The number of likely N-dealkylation sites (tertiary alicyclic amines) is 1. The van der Waals surface area contributed by atoms with Crippen molar-refractivity contribution >= 4 is 31.6 Å². The lowest BCUT2D eigenvalue weighted by Gasteiger charge is -2.20. The number of nitrogens with one attached hydrogen (secondary N) is 1. The van der Waals surface area contributed by atoms with Crippen LogP contribution >= 0.6 is 15.9 Å². The molecule has 1 unspecified atom stereocenters. The molecule has 0 aromatic heterocycles. The van der Waals surface area contributed by atoms with Crippen LogP contribution in [-0.2, 0) is 10.0 Å². The molecular formula is C12H17BrFN3O2S. The molecule has 3 N–H and O–H groups in total. The van der Waals surface area contributed by atoms with E-state index in [9.17, 15) is 12.8 Å². The van der Waals surface area contributed by atoms with E-state index in [1.54, 1.807) is 0 Å². The fourth-order valence-electron chi connectivity index (χ4n) is 2.27. The lowest BCUT2D eigenvalue weighted by atomic mass is 10.2. The third-order valence-corrected chi connectivity index (χ3v) is 5.90. The van der Waals surface area contributed by atoms with Gasteiger partial charge in [-0.05, 0) is 54.5 Å². The van der Waals surface area contributed by atoms with E-state index >= 15 is 0 Å². The molecular weight excluding hydrogens is 349 g/mol. The molecule has 1 aliphatic heterocycles. The summed E-state index contributed by atoms with van der Waals surface area (Å²) in [7, 11) is -1.74. The van der Waals surface area contributed by atoms with Gasteiger partial charge < -0.3 is 10.6 Å². The minimum Gasteiger partial charge on any atom is -0.396 e. The number of benzene rings is 1. The lowest BCUT2D eigenvalue weighted by molar-refractivity contribution is 0.311. The van der Waals surface area contributed by atoms with E-state index in [-0.39, 0.29) is 21.1 Å². The summed E-state index contributed by atoms with van der Waals surface area (Å²) in [6, 6.07) is 2.38. The maximum Gasteiger partial charge on any atom is 0.241 e. The Bertz CT molecular complexity index is 609. The summed E-state index contributed by atoms with van der Waals surface area (Å²) in [6.07, 6.45) is 2.03. The zero-order chi connectivity index (χ0) is 14.9. The monoisotopic (exact) mass is 365 g/mol. The van der Waals surface area contributed by atoms with Gasteiger partial charge in [0.1, 0.15) is 5.82 Å². The molecule has 1 fully saturated rings. The smallest absolute Gasteiger partial charge is 0.241 e. The van der Waals surface area contributed by atoms with Crippen LogP contribution in [0.15, 0.2) is 21.5 Å². The van der Waals surface area contributed by atoms with E-state index < -0.39 is 15.8 Å². The lowest BCUT2D eigenvalue weighted by Crippen LogP contribution is -2.38. The molecule has 20 heavy (non-hydrogen) atoms. The van der Waals surface area contributed by atoms with Crippen LogP contribution in [0.2, 0.25) is 0 Å². The standard InChI is InChI=1S/C12H17BrFN3O2S/c1-17-4-2-3-8(17)7-16-20(18,19)12-6-11(15)10(14)5-9(12)13/h5-6,8,16H,2-4,7,15H2,1H3. The van der Waals surface area contributed by atoms with Gasteiger partial charge in [-0.3, -0.25) is 0 Å². The minimum absolute atomic E-state index is 0.0444. The molecule has 1 aromatic rings. The molecule has 112 valence electrons. The second-order valence-corrected chi connectivity index (χ2v) is 7.52. The number of hydrogen-bond acceptors (Lipinski definition) is 4. The fourth-order valence-corrected chi connectivity index (χ4v) is 4.39. The molecule has 2 rings (SSSR count). The Morgan fingerprint density at radius 1 is 1.55 bits per heavy atom. The van der Waals surface area contributed by atoms with Gasteiger partial charge in [-0.2, -0.15) is 0 Å². The van der Waals surface area contributed by atoms with Gasteiger partial charge in [-0.1, -0.05) is 0 Å². The van der Waals surface area contributed by atoms with Crippen molar-refractivity contribution in [2.75, 3.05) is 25.9 Å². The Hall–Kier alpha value is -0.700. The molecule has 1 heterocycles. The highest BCUT2D eigenvalue weighted by Crippen LogP contribution is 2.26. The number of anilines is 1. The Morgan fingerprint density at radius 3 is 2.85 bits per heavy atom. The predicted octanol–water partition coefficient (Wildman–Crippen LogP) is 1.54. The van der Waals surface area contributed by atoms with Crippen LogP contribution in [-0.4, -0.2) is 39.5 Å². The van der Waals surface area contributed by atoms with Crippen molar-refractivity contribution < 1.29 is 12.8 Å². The third-order valence-electron chi connectivity index (χ3n) is 3.52. The SMILES string of the molecule is CN1CCCC1CNS(=O)(=O)c1cc(N)c(F)cc1Br. The van der Waals surface area contributed by atoms with Crippen LogP contribution in [0.5, 0.6) is 0 Å². The third kappa shape index (κ3) is 3.30. The maximum absolute atomic E-state index is 13.3. The zero-order valence-electron chi connectivity index (χ0n) is 11.1. The quantitative estimate of drug-likeness (QED) is 0.793. The molecule has 1 aliphatic rings. The molecule has 0 saturated carbocycles. The molecule has 0 radical (unpaired) electrons. The van der Waals surface area contributed by atoms with Gasteiger partial charge in [0, 0.05) is 17.1 Å². The highest BCUT2D eigenvalue weighted by molar-refractivity contribution is 9.10. The van der Waals surface area contributed by atoms with Crippen molar-refractivity contribution in [3.63, 3.8) is 0 Å². The van der Waals surface area contributed by atoms with E-state index in [2.05, 4.69) is 25.6 Å². The van der Waals surface area contributed by atoms with E-state index in [0.717, 1.165) is 31.5 Å². The highest BCUT2D eigenvalue weighted by Gasteiger charge is 2.25. The van der Waals surface area contributed by atoms with Gasteiger partial charge >= 0.3 is 0 Å². The number of nitrogen functional groups attached to an aromatic ring is 1. The largest absolute Gasteiger partial charge is 0.396 e. The molecule has 0 aliphatic carbocycles. The molecule has 8 heteroatoms. The minimum atomic E-state index is -3.71. The van der Waals surface area contributed by atoms with Gasteiger partial charge in [0.05, 0.1) is 10.6 Å². The van der Waals surface area contributed by atoms with Gasteiger partial charge in [0.2, 0.25) is 10.0 Å². The first-order valence-corrected chi connectivity index (χ1v) is 8.53. The topological polar surface area (TPSA) is 75.4 Å². The summed E-state index contributed by atoms with van der Waals surface area (Å²) in [4.78, 5) is 2.08. The summed E-state index contributed by atoms with van der Waals surface area (Å²) in [5.41, 5.74) is 5.24. The molecule has 1 saturated heterocycles. The van der Waals surface area contributed by atoms with Gasteiger partial charge in [-0.15, -0.1) is 0 Å².